The van der Waals surface area contributed by atoms with Gasteiger partial charge in [0.2, 0.25) is 59.1 Å². The van der Waals surface area contributed by atoms with Crippen LogP contribution in [0.2, 0.25) is 0 Å². The lowest BCUT2D eigenvalue weighted by molar-refractivity contribution is -0.147. The molecule has 0 radical (unpaired) electrons. The van der Waals surface area contributed by atoms with E-state index < -0.39 is 133 Å². The van der Waals surface area contributed by atoms with E-state index in [-0.39, 0.29) is 172 Å². The number of nitrogens with zero attached hydrogens (tertiary/aromatic N) is 6. The molecule has 598 valence electrons. The normalized spacial score (nSPS) is 22.7. The van der Waals surface area contributed by atoms with Crippen molar-refractivity contribution in [3.05, 3.63) is 82.9 Å². The zero-order valence-electron chi connectivity index (χ0n) is 61.5. The molecule has 2 bridgehead atoms. The Morgan fingerprint density at radius 1 is 0.630 bits per heavy atom. The minimum absolute atomic E-state index is 0.0516. The van der Waals surface area contributed by atoms with Gasteiger partial charge in [-0.05, 0) is 73.3 Å². The number of unbranched alkanes of at least 4 members (excludes halogenated alkanes) is 2. The molecule has 0 unspecified atom stereocenters. The van der Waals surface area contributed by atoms with Crippen molar-refractivity contribution in [1.82, 2.24) is 66.6 Å². The molecule has 2 aromatic carbocycles. The van der Waals surface area contributed by atoms with Crippen LogP contribution >= 0.6 is 35.3 Å². The summed E-state index contributed by atoms with van der Waals surface area (Å²) in [6.45, 7) is 8.98. The monoisotopic (exact) mass is 1570 g/mol. The zero-order valence-corrected chi connectivity index (χ0v) is 64.0. The third-order valence-electron chi connectivity index (χ3n) is 18.7. The highest BCUT2D eigenvalue weighted by molar-refractivity contribution is 7.99. The van der Waals surface area contributed by atoms with Crippen LogP contribution in [0.25, 0.3) is 0 Å². The van der Waals surface area contributed by atoms with Crippen LogP contribution in [0.15, 0.2) is 60.7 Å². The molecular weight excluding hydrogens is 1460 g/mol. The Morgan fingerprint density at radius 2 is 1.24 bits per heavy atom. The molecule has 4 aliphatic heterocycles. The Balaban J connectivity index is 1.32. The van der Waals surface area contributed by atoms with Gasteiger partial charge in [0.15, 0.2) is 6.29 Å². The number of benzene rings is 2. The molecule has 6 rings (SSSR count). The van der Waals surface area contributed by atoms with Crippen molar-refractivity contribution < 1.29 is 93.0 Å². The minimum atomic E-state index is -1.75. The molecule has 33 nitrogen and oxygen atoms in total. The number of aliphatic carboxylic acids is 3. The third-order valence-corrected chi connectivity index (χ3v) is 21.9. The van der Waals surface area contributed by atoms with E-state index in [0.717, 1.165) is 29.5 Å². The molecular formula is C72H108N14O19S3. The maximum absolute atomic E-state index is 15.1. The van der Waals surface area contributed by atoms with Crippen LogP contribution in [0.3, 0.4) is 0 Å². The number of carbonyl (C=O) groups is 13. The largest absolute Gasteiger partial charge is 0.481 e. The highest BCUT2D eigenvalue weighted by atomic mass is 32.2. The number of hydrogen-bond donors (Lipinski definition) is 14. The number of aliphatic hydroxyl groups excluding tert-OH is 2. The van der Waals surface area contributed by atoms with Crippen molar-refractivity contribution in [1.29, 1.82) is 0 Å². The molecule has 4 aliphatic rings. The molecule has 2 aromatic rings. The van der Waals surface area contributed by atoms with Gasteiger partial charge in [-0.3, -0.25) is 81.9 Å². The first-order chi connectivity index (χ1) is 51.6. The maximum atomic E-state index is 15.1. The minimum Gasteiger partial charge on any atom is -0.481 e. The van der Waals surface area contributed by atoms with Crippen molar-refractivity contribution in [3.63, 3.8) is 0 Å². The van der Waals surface area contributed by atoms with E-state index in [1.807, 2.05) is 30.0 Å². The van der Waals surface area contributed by atoms with Crippen LogP contribution in [-0.2, 0) is 86.0 Å². The fourth-order valence-corrected chi connectivity index (χ4v) is 15.8. The van der Waals surface area contributed by atoms with Gasteiger partial charge in [0.1, 0.15) is 42.3 Å². The number of hydrogen-bond acceptors (Lipinski definition) is 23. The lowest BCUT2D eigenvalue weighted by Crippen LogP contribution is -2.61. The number of carboxylic acids is 3. The summed E-state index contributed by atoms with van der Waals surface area (Å²) < 4.78 is 0. The fourth-order valence-electron chi connectivity index (χ4n) is 13.0. The van der Waals surface area contributed by atoms with Gasteiger partial charge in [-0.2, -0.15) is 35.3 Å². The lowest BCUT2D eigenvalue weighted by Gasteiger charge is -2.34. The van der Waals surface area contributed by atoms with Crippen LogP contribution in [0.1, 0.15) is 107 Å². The van der Waals surface area contributed by atoms with E-state index in [1.165, 1.54) is 52.0 Å². The molecule has 8 atom stereocenters. The van der Waals surface area contributed by atoms with E-state index >= 15 is 4.79 Å². The second kappa shape index (κ2) is 46.5. The summed E-state index contributed by atoms with van der Waals surface area (Å²) in [6, 6.07) is 4.72. The Hall–Kier alpha value is -7.94. The molecule has 3 fully saturated rings. The number of amides is 10. The van der Waals surface area contributed by atoms with Gasteiger partial charge < -0.3 is 83.4 Å². The summed E-state index contributed by atoms with van der Waals surface area (Å²) in [5.74, 6) is -8.95. The summed E-state index contributed by atoms with van der Waals surface area (Å²) in [5.41, 5.74) is 8.95. The van der Waals surface area contributed by atoms with E-state index in [2.05, 4.69) is 43.8 Å². The van der Waals surface area contributed by atoms with Crippen molar-refractivity contribution in [3.8, 4) is 0 Å². The quantitative estimate of drug-likeness (QED) is 0.0244. The summed E-state index contributed by atoms with van der Waals surface area (Å²) >= 11 is 4.14. The summed E-state index contributed by atoms with van der Waals surface area (Å²) in [7, 11) is 0. The molecule has 4 heterocycles. The number of carbonyl (C=O) groups excluding carboxylic acids is 10. The van der Waals surface area contributed by atoms with Gasteiger partial charge in [-0.25, -0.2) is 0 Å². The second-order valence-corrected chi connectivity index (χ2v) is 30.7. The maximum Gasteiger partial charge on any atom is 0.317 e. The van der Waals surface area contributed by atoms with E-state index in [4.69, 9.17) is 5.73 Å². The molecule has 108 heavy (non-hydrogen) atoms. The Morgan fingerprint density at radius 3 is 1.84 bits per heavy atom. The summed E-state index contributed by atoms with van der Waals surface area (Å²) in [5, 5.41) is 78.8. The smallest absolute Gasteiger partial charge is 0.317 e. The van der Waals surface area contributed by atoms with Gasteiger partial charge in [0.05, 0.1) is 25.7 Å². The highest BCUT2D eigenvalue weighted by Gasteiger charge is 2.46. The van der Waals surface area contributed by atoms with Crippen LogP contribution in [0, 0.1) is 0 Å². The van der Waals surface area contributed by atoms with Crippen LogP contribution in [0.4, 0.5) is 0 Å². The molecule has 10 amide bonds. The molecule has 0 aromatic heterocycles. The summed E-state index contributed by atoms with van der Waals surface area (Å²) in [6.07, 6.45) is -1.55. The SMILES string of the molecule is C=C1CCN2C(=O)[C@@H](NC(=O)CCCCC)CSCc3cc(CSCCNC(=O)CN4CCN(CC(=O)O)CCN(CC(=O)O)CCN(CC(O)O)CC4)cc(c3)CSC[C@@H](C(=O)NCCCC(=O)O)NC(=O)[C@H](Cc3ccccc3)NC(=O)[C@H](CCC(N)=O)NC(=O)[C@H]([C@@H](C)O)NC(=O)[C@@H]3CCCN3C(=O)[C@H]12. The number of β-amino-alcohol motifs (C(OH)–C–C–N with tert-alkyl or cyclic N) is 2. The fraction of sp³-hybridized carbons (Fsp3) is 0.625. The Labute approximate surface area is 642 Å². The predicted octanol–water partition coefficient (Wildman–Crippen LogP) is -1.76. The Bertz CT molecular complexity index is 3400. The molecule has 0 spiro atoms. The average Bonchev–Trinajstić information content (AvgIpc) is 1.63. The third kappa shape index (κ3) is 31.2. The molecule has 3 saturated heterocycles. The van der Waals surface area contributed by atoms with Crippen LogP contribution in [-0.4, -0.2) is 314 Å². The molecule has 36 heteroatoms. The molecule has 0 saturated carbocycles. The first-order valence-corrected chi connectivity index (χ1v) is 40.1. The van der Waals surface area contributed by atoms with Gasteiger partial charge in [0, 0.05) is 145 Å². The number of primary amides is 1. The molecule has 0 aliphatic carbocycles. The van der Waals surface area contributed by atoms with Crippen LogP contribution < -0.4 is 43.0 Å². The number of rotatable bonds is 29. The number of carboxylic acid groups (broad SMARTS) is 3. The van der Waals surface area contributed by atoms with E-state index in [9.17, 15) is 88.2 Å². The number of nitrogens with one attached hydrogen (secondary N) is 7. The number of aliphatic hydroxyl groups is 3. The average molecular weight is 1570 g/mol. The predicted molar refractivity (Wildman–Crippen MR) is 405 cm³/mol. The summed E-state index contributed by atoms with van der Waals surface area (Å²) in [4.78, 5) is 187. The number of nitrogens with two attached hydrogens (primary N) is 1. The van der Waals surface area contributed by atoms with Crippen molar-refractivity contribution >= 4 is 112 Å². The first kappa shape index (κ1) is 89.0. The van der Waals surface area contributed by atoms with E-state index in [1.54, 1.807) is 45.0 Å². The van der Waals surface area contributed by atoms with Gasteiger partial charge >= 0.3 is 17.9 Å². The lowest BCUT2D eigenvalue weighted by atomic mass is 10.0. The number of thioether (sulfide) groups is 3. The topological polar surface area (TPSA) is 473 Å². The number of fused-ring (bicyclic) bond motifs is 4. The van der Waals surface area contributed by atoms with Gasteiger partial charge in [0.25, 0.3) is 0 Å². The standard InChI is InChI=1S/C72H108N14O19S3/c1-4-5-7-15-58(89)76-55-45-108-43-51-34-49(41-106-32-21-74-59(90)37-81-24-26-82(38-61(93)94)28-30-84(40-63(97)98)31-29-83(27-25-81)39-62(95)96)33-50(35-51)42-107-44-54(66(99)75-20-10-16-60(91)92)79-68(101)53(36-48-12-8-6-9-13-48)78-67(100)52(17-18-57(73)88)77-70(103)64(47(3)87)80-69(102)56-14-11-22-85(56)72(105)65-46(2)19-23-86(65)71(55)104/h6,8-9,12-13,33-35,47,52-56,61,64-65,87,93-94H,2,4-5,7,10-11,14-32,36-45H2,1,3H3,(H2,73,88)(H,74,90)(H,75,99)(H,76,89)(H,77,103)(H,78,100)(H,79,101)(H,80,102)(H,91,92)(H,95,96)(H,97,98)/t47-,52+,53+,54+,55+,56+,64+,65+/m1/s1. The van der Waals surface area contributed by atoms with E-state index in [0.29, 0.717) is 41.2 Å². The van der Waals surface area contributed by atoms with Gasteiger partial charge in [-0.15, -0.1) is 0 Å². The van der Waals surface area contributed by atoms with Gasteiger partial charge in [-0.1, -0.05) is 74.9 Å². The van der Waals surface area contributed by atoms with Crippen LogP contribution in [0.5, 0.6) is 0 Å². The van der Waals surface area contributed by atoms with Crippen molar-refractivity contribution in [2.75, 3.05) is 122 Å². The zero-order chi connectivity index (χ0) is 78.8. The highest BCUT2D eigenvalue weighted by Crippen LogP contribution is 2.30. The first-order valence-electron chi connectivity index (χ1n) is 36.7. The Kier molecular flexibility index (Phi) is 38.3. The second-order valence-electron chi connectivity index (χ2n) is 27.5. The molecule has 15 N–H and O–H groups in total. The van der Waals surface area contributed by atoms with Crippen molar-refractivity contribution in [2.24, 2.45) is 5.73 Å². The van der Waals surface area contributed by atoms with Crippen molar-refractivity contribution in [2.45, 2.75) is 163 Å².